The number of aromatic nitrogens is 2. The molecule has 2 rings (SSSR count). The normalized spacial score (nSPS) is 10.7. The zero-order valence-corrected chi connectivity index (χ0v) is 13.2. The predicted molar refractivity (Wildman–Crippen MR) is 82.3 cm³/mol. The number of carbonyl (C=O) groups excluding carboxylic acids is 2. The summed E-state index contributed by atoms with van der Waals surface area (Å²) in [4.78, 5) is 26.0. The molecule has 2 aromatic heterocycles. The molecule has 112 valence electrons. The van der Waals surface area contributed by atoms with Gasteiger partial charge in [0.05, 0.1) is 17.9 Å². The summed E-state index contributed by atoms with van der Waals surface area (Å²) in [6.45, 7) is 3.67. The highest BCUT2D eigenvalue weighted by Gasteiger charge is 2.20. The number of hydrogen-bond acceptors (Lipinski definition) is 6. The van der Waals surface area contributed by atoms with Gasteiger partial charge in [0.25, 0.3) is 5.91 Å². The Balaban J connectivity index is 2.31. The number of nitrogens with one attached hydrogen (secondary N) is 1. The second kappa shape index (κ2) is 5.65. The number of fused-ring (bicyclic) bond motifs is 1. The molecule has 2 amide bonds. The third kappa shape index (κ3) is 2.80. The highest BCUT2D eigenvalue weighted by molar-refractivity contribution is 7.21. The average Bonchev–Trinajstić information content (AvgIpc) is 2.77. The van der Waals surface area contributed by atoms with Crippen LogP contribution in [0.4, 0.5) is 5.69 Å². The van der Waals surface area contributed by atoms with Gasteiger partial charge in [0, 0.05) is 19.5 Å². The van der Waals surface area contributed by atoms with Gasteiger partial charge in [-0.2, -0.15) is 5.10 Å². The van der Waals surface area contributed by atoms with E-state index in [2.05, 4.69) is 15.5 Å². The molecule has 0 fully saturated rings. The Bertz CT molecular complexity index is 723. The largest absolute Gasteiger partial charge is 0.397 e. The van der Waals surface area contributed by atoms with E-state index in [1.54, 1.807) is 14.1 Å². The van der Waals surface area contributed by atoms with Gasteiger partial charge < -0.3 is 16.0 Å². The van der Waals surface area contributed by atoms with Gasteiger partial charge in [-0.25, -0.2) is 0 Å². The zero-order valence-electron chi connectivity index (χ0n) is 12.4. The van der Waals surface area contributed by atoms with E-state index in [9.17, 15) is 9.59 Å². The second-order valence-electron chi connectivity index (χ2n) is 4.91. The van der Waals surface area contributed by atoms with Gasteiger partial charge in [-0.3, -0.25) is 9.59 Å². The van der Waals surface area contributed by atoms with Crippen LogP contribution in [0, 0.1) is 13.8 Å². The van der Waals surface area contributed by atoms with E-state index in [4.69, 9.17) is 5.73 Å². The summed E-state index contributed by atoms with van der Waals surface area (Å²) in [6, 6.07) is 0. The molecule has 7 nitrogen and oxygen atoms in total. The number of likely N-dealkylation sites (N-methyl/N-ethyl adjacent to an activating group) is 1. The molecule has 8 heteroatoms. The van der Waals surface area contributed by atoms with Crippen LogP contribution in [0.3, 0.4) is 0 Å². The molecule has 0 aliphatic heterocycles. The SMILES string of the molecule is Cc1nnc2sc(C(=O)NCC(=O)N(C)C)c(N)c2c1C. The number of anilines is 1. The van der Waals surface area contributed by atoms with E-state index in [-0.39, 0.29) is 18.4 Å². The van der Waals surface area contributed by atoms with Crippen LogP contribution in [0.15, 0.2) is 0 Å². The van der Waals surface area contributed by atoms with Gasteiger partial charge in [-0.15, -0.1) is 16.4 Å². The van der Waals surface area contributed by atoms with Crippen LogP contribution in [-0.2, 0) is 4.79 Å². The Kier molecular flexibility index (Phi) is 4.08. The van der Waals surface area contributed by atoms with Crippen LogP contribution in [0.1, 0.15) is 20.9 Å². The topological polar surface area (TPSA) is 101 Å². The number of aryl methyl sites for hydroxylation is 2. The first-order valence-electron chi connectivity index (χ1n) is 6.33. The summed E-state index contributed by atoms with van der Waals surface area (Å²) in [5.74, 6) is -0.558. The minimum absolute atomic E-state index is 0.0663. The Hall–Kier alpha value is -2.22. The number of rotatable bonds is 3. The third-order valence-electron chi connectivity index (χ3n) is 3.24. The molecule has 3 N–H and O–H groups in total. The Morgan fingerprint density at radius 3 is 2.57 bits per heavy atom. The molecule has 0 aliphatic carbocycles. The molecule has 0 spiro atoms. The Morgan fingerprint density at radius 1 is 1.29 bits per heavy atom. The fraction of sp³-hybridized carbons (Fsp3) is 0.385. The molecule has 0 aliphatic rings. The number of carbonyl (C=O) groups is 2. The van der Waals surface area contributed by atoms with Crippen LogP contribution in [0.25, 0.3) is 10.2 Å². The lowest BCUT2D eigenvalue weighted by Gasteiger charge is -2.10. The molecular formula is C13H17N5O2S. The van der Waals surface area contributed by atoms with E-state index < -0.39 is 0 Å². The van der Waals surface area contributed by atoms with E-state index in [0.717, 1.165) is 16.6 Å². The highest BCUT2D eigenvalue weighted by Crippen LogP contribution is 2.34. The number of amides is 2. The van der Waals surface area contributed by atoms with Crippen molar-refractivity contribution in [2.24, 2.45) is 0 Å². The number of nitrogens with zero attached hydrogens (tertiary/aromatic N) is 3. The maximum atomic E-state index is 12.2. The van der Waals surface area contributed by atoms with Crippen molar-refractivity contribution in [1.29, 1.82) is 0 Å². The second-order valence-corrected chi connectivity index (χ2v) is 5.91. The van der Waals surface area contributed by atoms with Gasteiger partial charge >= 0.3 is 0 Å². The first-order chi connectivity index (χ1) is 9.82. The molecule has 0 saturated heterocycles. The number of nitrogen functional groups attached to an aromatic ring is 1. The number of thiophene rings is 1. The van der Waals surface area contributed by atoms with Crippen molar-refractivity contribution in [3.63, 3.8) is 0 Å². The van der Waals surface area contributed by atoms with Gasteiger partial charge in [0.15, 0.2) is 0 Å². The summed E-state index contributed by atoms with van der Waals surface area (Å²) >= 11 is 1.18. The summed E-state index contributed by atoms with van der Waals surface area (Å²) in [5.41, 5.74) is 8.14. The lowest BCUT2D eigenvalue weighted by atomic mass is 10.1. The van der Waals surface area contributed by atoms with Crippen LogP contribution >= 0.6 is 11.3 Å². The smallest absolute Gasteiger partial charge is 0.264 e. The van der Waals surface area contributed by atoms with Crippen LogP contribution < -0.4 is 11.1 Å². The lowest BCUT2D eigenvalue weighted by Crippen LogP contribution is -2.36. The molecule has 0 unspecified atom stereocenters. The van der Waals surface area contributed by atoms with Crippen LogP contribution in [0.5, 0.6) is 0 Å². The molecule has 0 saturated carbocycles. The fourth-order valence-electron chi connectivity index (χ4n) is 1.80. The van der Waals surface area contributed by atoms with Crippen molar-refractivity contribution in [2.75, 3.05) is 26.4 Å². The fourth-order valence-corrected chi connectivity index (χ4v) is 2.82. The first-order valence-corrected chi connectivity index (χ1v) is 7.14. The standard InChI is InChI=1S/C13H17N5O2S/c1-6-7(2)16-17-13-9(6)10(14)11(21-13)12(20)15-5-8(19)18(3)4/h5,14H2,1-4H3,(H,15,20). The van der Waals surface area contributed by atoms with Crippen molar-refractivity contribution >= 4 is 39.1 Å². The van der Waals surface area contributed by atoms with Crippen molar-refractivity contribution in [1.82, 2.24) is 20.4 Å². The van der Waals surface area contributed by atoms with Crippen LogP contribution in [-0.4, -0.2) is 47.6 Å². The Morgan fingerprint density at radius 2 is 1.95 bits per heavy atom. The first kappa shape index (κ1) is 15.2. The van der Waals surface area contributed by atoms with Gasteiger partial charge in [-0.1, -0.05) is 0 Å². The van der Waals surface area contributed by atoms with E-state index >= 15 is 0 Å². The van der Waals surface area contributed by atoms with Gasteiger partial charge in [0.2, 0.25) is 5.91 Å². The average molecular weight is 307 g/mol. The van der Waals surface area contributed by atoms with E-state index in [1.165, 1.54) is 16.2 Å². The highest BCUT2D eigenvalue weighted by atomic mass is 32.1. The molecule has 2 aromatic rings. The zero-order chi connectivity index (χ0) is 15.7. The van der Waals surface area contributed by atoms with Crippen molar-refractivity contribution < 1.29 is 9.59 Å². The Labute approximate surface area is 126 Å². The molecule has 21 heavy (non-hydrogen) atoms. The number of hydrogen-bond donors (Lipinski definition) is 2. The van der Waals surface area contributed by atoms with Crippen molar-refractivity contribution in [3.05, 3.63) is 16.1 Å². The third-order valence-corrected chi connectivity index (χ3v) is 4.33. The summed E-state index contributed by atoms with van der Waals surface area (Å²) in [7, 11) is 3.26. The maximum absolute atomic E-state index is 12.2. The monoisotopic (exact) mass is 307 g/mol. The quantitative estimate of drug-likeness (QED) is 0.869. The minimum atomic E-state index is -0.372. The molecule has 0 bridgehead atoms. The van der Waals surface area contributed by atoms with Gasteiger partial charge in [0.1, 0.15) is 9.71 Å². The minimum Gasteiger partial charge on any atom is -0.397 e. The van der Waals surface area contributed by atoms with E-state index in [1.807, 2.05) is 13.8 Å². The molecule has 0 atom stereocenters. The van der Waals surface area contributed by atoms with Crippen molar-refractivity contribution in [3.8, 4) is 0 Å². The molecule has 2 heterocycles. The predicted octanol–water partition coefficient (Wildman–Crippen LogP) is 0.708. The van der Waals surface area contributed by atoms with Gasteiger partial charge in [-0.05, 0) is 19.4 Å². The van der Waals surface area contributed by atoms with Crippen LogP contribution in [0.2, 0.25) is 0 Å². The molecular weight excluding hydrogens is 290 g/mol. The summed E-state index contributed by atoms with van der Waals surface area (Å²) < 4.78 is 0. The summed E-state index contributed by atoms with van der Waals surface area (Å²) in [5, 5.41) is 11.4. The molecule has 0 aromatic carbocycles. The van der Waals surface area contributed by atoms with Crippen molar-refractivity contribution in [2.45, 2.75) is 13.8 Å². The summed E-state index contributed by atoms with van der Waals surface area (Å²) in [6.07, 6.45) is 0. The lowest BCUT2D eigenvalue weighted by molar-refractivity contribution is -0.127. The molecule has 0 radical (unpaired) electrons. The van der Waals surface area contributed by atoms with E-state index in [0.29, 0.717) is 15.4 Å². The number of nitrogens with two attached hydrogens (primary N) is 1. The maximum Gasteiger partial charge on any atom is 0.264 e.